The molecular formula is C24H27FN6O3. The van der Waals surface area contributed by atoms with E-state index < -0.39 is 5.82 Å². The van der Waals surface area contributed by atoms with E-state index in [4.69, 9.17) is 19.2 Å². The molecule has 1 unspecified atom stereocenters. The van der Waals surface area contributed by atoms with Crippen molar-refractivity contribution in [1.82, 2.24) is 24.3 Å². The van der Waals surface area contributed by atoms with Gasteiger partial charge in [0.15, 0.2) is 17.2 Å². The van der Waals surface area contributed by atoms with Crippen LogP contribution in [-0.4, -0.2) is 52.3 Å². The average Bonchev–Trinajstić information content (AvgIpc) is 3.27. The fraction of sp³-hybridized carbons (Fsp3) is 0.333. The molecule has 0 saturated heterocycles. The number of aryl methyl sites for hydroxylation is 1. The van der Waals surface area contributed by atoms with Crippen LogP contribution < -0.4 is 15.0 Å². The lowest BCUT2D eigenvalue weighted by Crippen LogP contribution is -2.26. The highest BCUT2D eigenvalue weighted by Crippen LogP contribution is 2.32. The smallest absolute Gasteiger partial charge is 0.190 e. The predicted octanol–water partition coefficient (Wildman–Crippen LogP) is 3.50. The SMILES string of the molecule is COCC(C)Cn1c(=Nc2cc(OC)cc(OC)c2F)ccc2ncc(-c3cnn(C)c3)nc21. The number of halogens is 1. The zero-order valence-corrected chi connectivity index (χ0v) is 19.8. The van der Waals surface area contributed by atoms with E-state index in [0.717, 1.165) is 5.56 Å². The molecule has 4 aromatic rings. The Labute approximate surface area is 196 Å². The summed E-state index contributed by atoms with van der Waals surface area (Å²) in [6, 6.07) is 6.63. The van der Waals surface area contributed by atoms with Crippen LogP contribution in [0.15, 0.2) is 47.8 Å². The molecule has 0 aliphatic heterocycles. The van der Waals surface area contributed by atoms with Crippen LogP contribution in [0.1, 0.15) is 6.92 Å². The fourth-order valence-corrected chi connectivity index (χ4v) is 3.71. The first-order valence-corrected chi connectivity index (χ1v) is 10.7. The van der Waals surface area contributed by atoms with Crippen molar-refractivity contribution in [2.75, 3.05) is 27.9 Å². The Hall–Kier alpha value is -3.79. The van der Waals surface area contributed by atoms with Crippen molar-refractivity contribution in [2.24, 2.45) is 18.0 Å². The highest BCUT2D eigenvalue weighted by Gasteiger charge is 2.15. The van der Waals surface area contributed by atoms with Crippen molar-refractivity contribution in [3.8, 4) is 22.8 Å². The van der Waals surface area contributed by atoms with Gasteiger partial charge >= 0.3 is 0 Å². The van der Waals surface area contributed by atoms with Gasteiger partial charge in [0.2, 0.25) is 0 Å². The van der Waals surface area contributed by atoms with Crippen LogP contribution in [0, 0.1) is 11.7 Å². The van der Waals surface area contributed by atoms with Crippen LogP contribution in [0.2, 0.25) is 0 Å². The second kappa shape index (κ2) is 10.0. The molecule has 0 radical (unpaired) electrons. The molecule has 1 aromatic carbocycles. The first-order chi connectivity index (χ1) is 16.4. The number of pyridine rings is 1. The van der Waals surface area contributed by atoms with E-state index in [1.807, 2.05) is 23.9 Å². The molecule has 0 bridgehead atoms. The minimum atomic E-state index is -0.574. The lowest BCUT2D eigenvalue weighted by Gasteiger charge is -2.16. The van der Waals surface area contributed by atoms with Crippen LogP contribution in [0.25, 0.3) is 22.4 Å². The quantitative estimate of drug-likeness (QED) is 0.395. The van der Waals surface area contributed by atoms with Gasteiger partial charge in [0.1, 0.15) is 22.4 Å². The summed E-state index contributed by atoms with van der Waals surface area (Å²) in [5, 5.41) is 4.23. The van der Waals surface area contributed by atoms with E-state index in [1.54, 1.807) is 30.3 Å². The Bertz CT molecular complexity index is 1380. The summed E-state index contributed by atoms with van der Waals surface area (Å²) in [6.07, 6.45) is 5.32. The normalized spacial score (nSPS) is 12.8. The molecule has 0 aliphatic carbocycles. The molecule has 0 amide bonds. The summed E-state index contributed by atoms with van der Waals surface area (Å²) >= 11 is 0. The van der Waals surface area contributed by atoms with Crippen LogP contribution in [-0.2, 0) is 18.3 Å². The second-order valence-electron chi connectivity index (χ2n) is 8.00. The molecule has 4 rings (SSSR count). The summed E-state index contributed by atoms with van der Waals surface area (Å²) < 4.78 is 34.5. The number of hydrogen-bond donors (Lipinski definition) is 0. The van der Waals surface area contributed by atoms with E-state index in [2.05, 4.69) is 22.0 Å². The van der Waals surface area contributed by atoms with E-state index in [-0.39, 0.29) is 17.4 Å². The molecule has 0 N–H and O–H groups in total. The Morgan fingerprint density at radius 3 is 2.62 bits per heavy atom. The topological polar surface area (TPSA) is 88.6 Å². The molecule has 10 heteroatoms. The zero-order valence-electron chi connectivity index (χ0n) is 19.8. The highest BCUT2D eigenvalue weighted by molar-refractivity contribution is 5.73. The monoisotopic (exact) mass is 466 g/mol. The van der Waals surface area contributed by atoms with Crippen molar-refractivity contribution in [2.45, 2.75) is 13.5 Å². The third-order valence-corrected chi connectivity index (χ3v) is 5.33. The number of ether oxygens (including phenoxy) is 3. The maximum Gasteiger partial charge on any atom is 0.190 e. The Morgan fingerprint density at radius 1 is 1.12 bits per heavy atom. The van der Waals surface area contributed by atoms with E-state index in [9.17, 15) is 0 Å². The Morgan fingerprint density at radius 2 is 1.94 bits per heavy atom. The van der Waals surface area contributed by atoms with Crippen LogP contribution in [0.5, 0.6) is 11.5 Å². The van der Waals surface area contributed by atoms with Crippen molar-refractivity contribution in [3.63, 3.8) is 0 Å². The second-order valence-corrected chi connectivity index (χ2v) is 8.00. The van der Waals surface area contributed by atoms with Gasteiger partial charge in [-0.3, -0.25) is 9.67 Å². The molecule has 3 aromatic heterocycles. The molecule has 178 valence electrons. The molecule has 0 saturated carbocycles. The van der Waals surface area contributed by atoms with Crippen LogP contribution in [0.4, 0.5) is 10.1 Å². The molecule has 0 fully saturated rings. The summed E-state index contributed by atoms with van der Waals surface area (Å²) in [4.78, 5) is 14.1. The fourth-order valence-electron chi connectivity index (χ4n) is 3.71. The lowest BCUT2D eigenvalue weighted by atomic mass is 10.2. The van der Waals surface area contributed by atoms with Crippen LogP contribution >= 0.6 is 0 Å². The zero-order chi connectivity index (χ0) is 24.2. The standard InChI is InChI=1S/C24H27FN6O3/c1-15(14-32-3)12-31-22(28-19-8-17(33-4)9-21(34-5)23(19)25)7-6-18-24(31)29-20(11-26-18)16-10-27-30(2)13-16/h6-11,13,15H,12,14H2,1-5H3. The third kappa shape index (κ3) is 4.76. The molecule has 0 aliphatic rings. The van der Waals surface area contributed by atoms with Crippen molar-refractivity contribution in [1.29, 1.82) is 0 Å². The number of nitrogens with zero attached hydrogens (tertiary/aromatic N) is 6. The number of hydrogen-bond acceptors (Lipinski definition) is 7. The average molecular weight is 467 g/mol. The predicted molar refractivity (Wildman–Crippen MR) is 125 cm³/mol. The summed E-state index contributed by atoms with van der Waals surface area (Å²) in [6.45, 7) is 3.14. The first kappa shape index (κ1) is 23.4. The number of benzene rings is 1. The van der Waals surface area contributed by atoms with Gasteiger partial charge in [0.25, 0.3) is 0 Å². The van der Waals surface area contributed by atoms with E-state index in [1.165, 1.54) is 26.4 Å². The maximum absolute atomic E-state index is 15.1. The molecular weight excluding hydrogens is 439 g/mol. The van der Waals surface area contributed by atoms with Gasteiger partial charge in [-0.1, -0.05) is 6.92 Å². The van der Waals surface area contributed by atoms with Crippen molar-refractivity contribution in [3.05, 3.63) is 54.2 Å². The van der Waals surface area contributed by atoms with Gasteiger partial charge in [-0.2, -0.15) is 5.10 Å². The van der Waals surface area contributed by atoms with Gasteiger partial charge in [0.05, 0.1) is 38.9 Å². The summed E-state index contributed by atoms with van der Waals surface area (Å²) in [5.41, 5.74) is 3.46. The Kier molecular flexibility index (Phi) is 6.87. The van der Waals surface area contributed by atoms with Gasteiger partial charge < -0.3 is 18.8 Å². The van der Waals surface area contributed by atoms with Gasteiger partial charge in [-0.25, -0.2) is 14.4 Å². The third-order valence-electron chi connectivity index (χ3n) is 5.33. The molecule has 0 spiro atoms. The number of aromatic nitrogens is 5. The van der Waals surface area contributed by atoms with Crippen molar-refractivity contribution < 1.29 is 18.6 Å². The number of rotatable bonds is 8. The molecule has 3 heterocycles. The molecule has 9 nitrogen and oxygen atoms in total. The minimum absolute atomic E-state index is 0.0526. The van der Waals surface area contributed by atoms with Gasteiger partial charge in [-0.15, -0.1) is 0 Å². The first-order valence-electron chi connectivity index (χ1n) is 10.7. The lowest BCUT2D eigenvalue weighted by molar-refractivity contribution is 0.151. The highest BCUT2D eigenvalue weighted by atomic mass is 19.1. The van der Waals surface area contributed by atoms with Crippen LogP contribution in [0.3, 0.4) is 0 Å². The van der Waals surface area contributed by atoms with E-state index >= 15 is 4.39 Å². The van der Waals surface area contributed by atoms with Gasteiger partial charge in [-0.05, 0) is 18.1 Å². The summed E-state index contributed by atoms with van der Waals surface area (Å²) in [7, 11) is 6.42. The van der Waals surface area contributed by atoms with Crippen molar-refractivity contribution >= 4 is 16.9 Å². The molecule has 1 atom stereocenters. The van der Waals surface area contributed by atoms with Gasteiger partial charge in [0, 0.05) is 44.6 Å². The van der Waals surface area contributed by atoms with E-state index in [0.29, 0.717) is 41.2 Å². The molecule has 34 heavy (non-hydrogen) atoms. The number of fused-ring (bicyclic) bond motifs is 1. The minimum Gasteiger partial charge on any atom is -0.497 e. The number of methoxy groups -OCH3 is 3. The largest absolute Gasteiger partial charge is 0.497 e. The Balaban J connectivity index is 1.95. The summed E-state index contributed by atoms with van der Waals surface area (Å²) in [5.74, 6) is 0.0609. The maximum atomic E-state index is 15.1.